The lowest BCUT2D eigenvalue weighted by Gasteiger charge is -2.44. The summed E-state index contributed by atoms with van der Waals surface area (Å²) in [5.41, 5.74) is -0.768. The molecule has 35 heavy (non-hydrogen) atoms. The number of hydrogen-bond acceptors (Lipinski definition) is 9. The average molecular weight is 515 g/mol. The zero-order valence-corrected chi connectivity index (χ0v) is 21.5. The summed E-state index contributed by atoms with van der Waals surface area (Å²) in [6.07, 6.45) is 2.28. The third-order valence-corrected chi connectivity index (χ3v) is 9.13. The van der Waals surface area contributed by atoms with Gasteiger partial charge in [0.05, 0.1) is 18.8 Å². The number of carbonyl (C=O) groups excluding carboxylic acids is 1. The van der Waals surface area contributed by atoms with Crippen LogP contribution in [0.3, 0.4) is 0 Å². The number of carbonyl (C=O) groups is 1. The summed E-state index contributed by atoms with van der Waals surface area (Å²) >= 11 is 1.29. The Labute approximate surface area is 212 Å². The van der Waals surface area contributed by atoms with Crippen molar-refractivity contribution in [2.75, 3.05) is 25.5 Å². The summed E-state index contributed by atoms with van der Waals surface area (Å²) in [4.78, 5) is 13.5. The summed E-state index contributed by atoms with van der Waals surface area (Å²) < 4.78 is 12.2. The smallest absolute Gasteiger partial charge is 0.240 e. The fourth-order valence-corrected chi connectivity index (χ4v) is 7.19. The van der Waals surface area contributed by atoms with Crippen LogP contribution in [0.2, 0.25) is 0 Å². The number of amides is 1. The van der Waals surface area contributed by atoms with Crippen LogP contribution in [0, 0.1) is 23.7 Å². The van der Waals surface area contributed by atoms with Crippen molar-refractivity contribution in [3.05, 3.63) is 12.2 Å². The lowest BCUT2D eigenvalue weighted by atomic mass is 9.85. The van der Waals surface area contributed by atoms with Crippen molar-refractivity contribution in [3.63, 3.8) is 0 Å². The van der Waals surface area contributed by atoms with E-state index in [1.165, 1.54) is 11.8 Å². The lowest BCUT2D eigenvalue weighted by molar-refractivity contribution is -0.205. The van der Waals surface area contributed by atoms with E-state index in [-0.39, 0.29) is 30.5 Å². The van der Waals surface area contributed by atoms with Crippen molar-refractivity contribution in [2.24, 2.45) is 23.7 Å². The van der Waals surface area contributed by atoms with E-state index in [1.54, 1.807) is 0 Å². The van der Waals surface area contributed by atoms with Crippen LogP contribution >= 0.6 is 11.8 Å². The highest BCUT2D eigenvalue weighted by molar-refractivity contribution is 7.99. The van der Waals surface area contributed by atoms with Crippen molar-refractivity contribution in [3.8, 4) is 0 Å². The minimum Gasteiger partial charge on any atom is -0.396 e. The first-order valence-electron chi connectivity index (χ1n) is 13.0. The molecule has 0 aromatic rings. The van der Waals surface area contributed by atoms with E-state index >= 15 is 0 Å². The number of thioether (sulfide) groups is 1. The fraction of sp³-hybridized carbons (Fsp3) is 0.880. The summed E-state index contributed by atoms with van der Waals surface area (Å²) in [6.45, 7) is 5.80. The molecule has 9 nitrogen and oxygen atoms in total. The summed E-state index contributed by atoms with van der Waals surface area (Å²) in [5.74, 6) is 1.67. The molecule has 0 aromatic heterocycles. The van der Waals surface area contributed by atoms with Gasteiger partial charge in [-0.25, -0.2) is 0 Å². The molecule has 4 aliphatic heterocycles. The maximum Gasteiger partial charge on any atom is 0.240 e. The van der Waals surface area contributed by atoms with Crippen LogP contribution in [0.5, 0.6) is 0 Å². The van der Waals surface area contributed by atoms with Crippen molar-refractivity contribution in [1.82, 2.24) is 10.6 Å². The molecule has 11 atom stereocenters. The van der Waals surface area contributed by atoms with Crippen LogP contribution in [-0.4, -0.2) is 99.9 Å². The second-order valence-corrected chi connectivity index (χ2v) is 12.1. The first-order valence-corrected chi connectivity index (χ1v) is 14.1. The standard InChI is InChI=1S/C25H42N2O7S/c1-13(2)8-14-6-7-33-22-16(9-14)10-26-18(22)24(32)27-17-5-3-4-15(11-28)12-35-25-21(31)19(29)20(30)23(17)34-25/h3-4,13-23,25-26,28-31H,5-12H2,1-2H3,(H,27,32)/b4-3-/t14-,15?,16-,17+,18-,19-,20+,21+,22+,23+,25+/m0/s1. The lowest BCUT2D eigenvalue weighted by Crippen LogP contribution is -2.64. The number of aliphatic hydroxyl groups excluding tert-OH is 4. The topological polar surface area (TPSA) is 141 Å². The maximum atomic E-state index is 13.5. The summed E-state index contributed by atoms with van der Waals surface area (Å²) in [5, 5.41) is 47.7. The molecule has 6 N–H and O–H groups in total. The van der Waals surface area contributed by atoms with Gasteiger partial charge in [-0.3, -0.25) is 4.79 Å². The van der Waals surface area contributed by atoms with Crippen LogP contribution in [-0.2, 0) is 14.3 Å². The van der Waals surface area contributed by atoms with E-state index in [0.717, 1.165) is 25.8 Å². The Morgan fingerprint density at radius 1 is 1.20 bits per heavy atom. The molecular weight excluding hydrogens is 472 g/mol. The molecule has 0 spiro atoms. The van der Waals surface area contributed by atoms with Crippen LogP contribution in [0.4, 0.5) is 0 Å². The van der Waals surface area contributed by atoms with Crippen molar-refractivity contribution < 1.29 is 34.7 Å². The van der Waals surface area contributed by atoms with Gasteiger partial charge in [0, 0.05) is 24.8 Å². The van der Waals surface area contributed by atoms with Crippen molar-refractivity contribution >= 4 is 17.7 Å². The van der Waals surface area contributed by atoms with Crippen LogP contribution in [0.1, 0.15) is 39.5 Å². The van der Waals surface area contributed by atoms with Gasteiger partial charge in [0.2, 0.25) is 5.91 Å². The van der Waals surface area contributed by atoms with Gasteiger partial charge >= 0.3 is 0 Å². The van der Waals surface area contributed by atoms with Crippen LogP contribution in [0.25, 0.3) is 0 Å². The van der Waals surface area contributed by atoms with Gasteiger partial charge in [0.15, 0.2) is 0 Å². The Balaban J connectivity index is 1.47. The predicted octanol–water partition coefficient (Wildman–Crippen LogP) is 0.00970. The molecule has 4 aliphatic rings. The summed E-state index contributed by atoms with van der Waals surface area (Å²) in [6, 6.07) is -1.11. The Morgan fingerprint density at radius 3 is 2.74 bits per heavy atom. The predicted molar refractivity (Wildman–Crippen MR) is 133 cm³/mol. The fourth-order valence-electron chi connectivity index (χ4n) is 5.97. The molecule has 2 bridgehead atoms. The molecule has 0 saturated carbocycles. The molecule has 1 unspecified atom stereocenters. The van der Waals surface area contributed by atoms with Gasteiger partial charge in [-0.15, -0.1) is 11.8 Å². The molecule has 4 heterocycles. The van der Waals surface area contributed by atoms with Gasteiger partial charge in [0.1, 0.15) is 35.9 Å². The number of rotatable bonds is 5. The molecule has 3 saturated heterocycles. The zero-order chi connectivity index (χ0) is 25.1. The molecular formula is C25H42N2O7S. The third-order valence-electron chi connectivity index (χ3n) is 7.79. The van der Waals surface area contributed by atoms with Gasteiger partial charge in [-0.2, -0.15) is 0 Å². The van der Waals surface area contributed by atoms with E-state index in [9.17, 15) is 25.2 Å². The van der Waals surface area contributed by atoms with Gasteiger partial charge in [0.25, 0.3) is 0 Å². The Morgan fingerprint density at radius 2 is 2.00 bits per heavy atom. The molecule has 1 amide bonds. The average Bonchev–Trinajstić information content (AvgIpc) is 3.11. The normalized spacial score (nSPS) is 45.4. The molecule has 0 aliphatic carbocycles. The Hall–Kier alpha value is -0.720. The number of nitrogens with one attached hydrogen (secondary N) is 2. The van der Waals surface area contributed by atoms with E-state index in [0.29, 0.717) is 30.6 Å². The number of aliphatic hydroxyl groups is 4. The Bertz CT molecular complexity index is 741. The quantitative estimate of drug-likeness (QED) is 0.280. The molecule has 0 aromatic carbocycles. The van der Waals surface area contributed by atoms with Crippen LogP contribution < -0.4 is 10.6 Å². The van der Waals surface area contributed by atoms with Crippen molar-refractivity contribution in [1.29, 1.82) is 0 Å². The van der Waals surface area contributed by atoms with Gasteiger partial charge in [-0.05, 0) is 43.4 Å². The largest absolute Gasteiger partial charge is 0.396 e. The van der Waals surface area contributed by atoms with Crippen molar-refractivity contribution in [2.45, 2.75) is 87.6 Å². The summed E-state index contributed by atoms with van der Waals surface area (Å²) in [7, 11) is 0. The highest BCUT2D eigenvalue weighted by Gasteiger charge is 2.49. The van der Waals surface area contributed by atoms with E-state index < -0.39 is 41.9 Å². The number of ether oxygens (including phenoxy) is 2. The molecule has 10 heteroatoms. The second-order valence-electron chi connectivity index (χ2n) is 11.0. The Kier molecular flexibility index (Phi) is 9.53. The zero-order valence-electron chi connectivity index (χ0n) is 20.7. The SMILES string of the molecule is CC(C)C[C@@H]1CCO[C@@H]2[C@H](CN[C@@H]2C(=O)N[C@@H]2C/C=C\C(CO)CS[C@H]3O[C@H]2[C@H](O)[C@H](O)[C@H]3O)C1. The maximum absolute atomic E-state index is 13.5. The first-order chi connectivity index (χ1) is 16.8. The second kappa shape index (κ2) is 12.2. The molecule has 4 rings (SSSR count). The highest BCUT2D eigenvalue weighted by Crippen LogP contribution is 2.35. The van der Waals surface area contributed by atoms with E-state index in [4.69, 9.17) is 9.47 Å². The first kappa shape index (κ1) is 27.3. The molecule has 3 fully saturated rings. The molecule has 0 radical (unpaired) electrons. The number of hydrogen-bond donors (Lipinski definition) is 6. The van der Waals surface area contributed by atoms with Crippen LogP contribution in [0.15, 0.2) is 12.2 Å². The van der Waals surface area contributed by atoms with Gasteiger partial charge in [-0.1, -0.05) is 26.0 Å². The third kappa shape index (κ3) is 6.41. The minimum atomic E-state index is -1.39. The molecule has 200 valence electrons. The van der Waals surface area contributed by atoms with E-state index in [1.807, 2.05) is 12.2 Å². The minimum absolute atomic E-state index is 0.0534. The highest BCUT2D eigenvalue weighted by atomic mass is 32.2. The van der Waals surface area contributed by atoms with E-state index in [2.05, 4.69) is 24.5 Å². The monoisotopic (exact) mass is 514 g/mol. The number of fused-ring (bicyclic) bond motifs is 3. The van der Waals surface area contributed by atoms with Gasteiger partial charge < -0.3 is 40.5 Å².